The van der Waals surface area contributed by atoms with Crippen molar-refractivity contribution in [1.29, 1.82) is 0 Å². The molecule has 9 atom stereocenters. The average molecular weight is 1080 g/mol. The van der Waals surface area contributed by atoms with Gasteiger partial charge in [-0.1, -0.05) is 142 Å². The number of hydrogen-bond donors (Lipinski definition) is 0. The molecule has 3 saturated carbocycles. The molecule has 0 aromatic carbocycles. The second-order valence-corrected chi connectivity index (χ2v) is 53.0. The minimum absolute atomic E-state index is 0.0139. The Morgan fingerprint density at radius 2 is 1.21 bits per heavy atom. The molecule has 0 amide bonds. The standard InChI is InChI=1S/C60H120O6Si5/c1-43(33-38-50(64-69(25,26)56(9,10)11)59(18,19)66-71(29,30)58(15,16)17)47-36-37-48-45(32-31-40-60(47,48)20)34-35-46-42-49(63-68(23,24)55(6,7)8)53(52(44(46)2)65-70(27,28)57(12,13)14)61-51(62-67(21)22)39-41-54(3,4)5/h34-35,43,47-53,67H,2,31-33,36-42H2,1,3-30H3/b45-34+,46-35-/t43-,47-,48+,49-,50-,51?,52-,53-,60-/m1/s1. The van der Waals surface area contributed by atoms with E-state index in [2.05, 4.69) is 209 Å². The molecule has 0 saturated heterocycles. The fraction of sp³-hybridized carbons (Fsp3) is 0.900. The number of rotatable bonds is 20. The van der Waals surface area contributed by atoms with Crippen LogP contribution in [0.1, 0.15) is 196 Å². The fourth-order valence-electron chi connectivity index (χ4n) is 10.9. The van der Waals surface area contributed by atoms with Crippen molar-refractivity contribution in [3.8, 4) is 0 Å². The predicted molar refractivity (Wildman–Crippen MR) is 322 cm³/mol. The maximum absolute atomic E-state index is 7.57. The largest absolute Gasteiger partial charge is 0.411 e. The Balaban J connectivity index is 2.08. The lowest BCUT2D eigenvalue weighted by atomic mass is 9.60. The molecule has 11 heteroatoms. The van der Waals surface area contributed by atoms with Crippen molar-refractivity contribution in [2.45, 2.75) is 318 Å². The third kappa shape index (κ3) is 16.8. The van der Waals surface area contributed by atoms with E-state index in [9.17, 15) is 0 Å². The van der Waals surface area contributed by atoms with Crippen molar-refractivity contribution in [2.75, 3.05) is 0 Å². The van der Waals surface area contributed by atoms with Crippen LogP contribution >= 0.6 is 0 Å². The summed E-state index contributed by atoms with van der Waals surface area (Å²) >= 11 is 0. The molecule has 1 unspecified atom stereocenters. The van der Waals surface area contributed by atoms with E-state index in [1.807, 2.05) is 0 Å². The van der Waals surface area contributed by atoms with Gasteiger partial charge in [0.15, 0.2) is 42.3 Å². The van der Waals surface area contributed by atoms with Gasteiger partial charge in [0.25, 0.3) is 0 Å². The van der Waals surface area contributed by atoms with Gasteiger partial charge in [0.1, 0.15) is 12.4 Å². The van der Waals surface area contributed by atoms with Crippen LogP contribution in [0.5, 0.6) is 0 Å². The third-order valence-electron chi connectivity index (χ3n) is 19.6. The first-order valence-corrected chi connectivity index (χ1v) is 43.1. The molecule has 3 aliphatic carbocycles. The van der Waals surface area contributed by atoms with Gasteiger partial charge in [0, 0.05) is 6.42 Å². The SMILES string of the molecule is C=C1/C(=C\C=C2/CCC[C@]3(C)[C@@H]([C@H](C)CC[C@@H](O[Si](C)(C)C(C)(C)C)C(C)(C)O[Si](C)(C)C(C)(C)C)CC[C@@H]23)C[C@@H](O[Si](C)(C)C(C)(C)C)[C@@H](OC(CCC(C)(C)C)O[SiH](C)C)[C@@H]1O[Si](C)(C)C(C)(C)C. The van der Waals surface area contributed by atoms with Crippen molar-refractivity contribution < 1.29 is 26.9 Å². The van der Waals surface area contributed by atoms with Crippen LogP contribution in [0.15, 0.2) is 35.5 Å². The number of ether oxygens (including phenoxy) is 1. The highest BCUT2D eigenvalue weighted by Gasteiger charge is 2.54. The lowest BCUT2D eigenvalue weighted by Gasteiger charge is -2.50. The van der Waals surface area contributed by atoms with E-state index in [4.69, 9.17) is 33.4 Å². The van der Waals surface area contributed by atoms with Gasteiger partial charge in [0.05, 0.1) is 23.9 Å². The molecule has 0 spiro atoms. The van der Waals surface area contributed by atoms with Crippen molar-refractivity contribution in [2.24, 2.45) is 28.6 Å². The number of hydrogen-bond acceptors (Lipinski definition) is 6. The van der Waals surface area contributed by atoms with Crippen LogP contribution in [0.25, 0.3) is 0 Å². The van der Waals surface area contributed by atoms with E-state index in [-0.39, 0.29) is 67.3 Å². The summed E-state index contributed by atoms with van der Waals surface area (Å²) in [6, 6.07) is 0. The van der Waals surface area contributed by atoms with Crippen LogP contribution in [-0.4, -0.2) is 78.6 Å². The Kier molecular flexibility index (Phi) is 21.3. The van der Waals surface area contributed by atoms with E-state index in [1.165, 1.54) is 37.7 Å². The highest BCUT2D eigenvalue weighted by atomic mass is 28.4. The lowest BCUT2D eigenvalue weighted by Crippen LogP contribution is -2.58. The van der Waals surface area contributed by atoms with Crippen LogP contribution < -0.4 is 0 Å². The minimum atomic E-state index is -2.30. The molecule has 0 aliphatic heterocycles. The molecule has 3 fully saturated rings. The zero-order valence-corrected chi connectivity index (χ0v) is 57.7. The van der Waals surface area contributed by atoms with Gasteiger partial charge in [-0.2, -0.15) is 0 Å². The van der Waals surface area contributed by atoms with Crippen molar-refractivity contribution in [1.82, 2.24) is 0 Å². The Morgan fingerprint density at radius 1 is 0.690 bits per heavy atom. The molecule has 3 aliphatic rings. The summed E-state index contributed by atoms with van der Waals surface area (Å²) in [6.45, 7) is 73.8. The fourth-order valence-corrected chi connectivity index (χ4v) is 17.5. The molecule has 0 radical (unpaired) electrons. The van der Waals surface area contributed by atoms with E-state index in [0.29, 0.717) is 17.8 Å². The molecular weight excluding hydrogens is 957 g/mol. The zero-order chi connectivity index (χ0) is 55.2. The second-order valence-electron chi connectivity index (χ2n) is 31.7. The first-order valence-electron chi connectivity index (χ1n) is 28.7. The number of allylic oxidation sites excluding steroid dienone is 3. The Bertz CT molecular complexity index is 1810. The van der Waals surface area contributed by atoms with Gasteiger partial charge in [-0.15, -0.1) is 0 Å². The molecule has 0 aromatic rings. The molecular formula is C60H120O6Si5. The summed E-state index contributed by atoms with van der Waals surface area (Å²) in [5.74, 6) is 1.87. The molecule has 3 rings (SSSR count). The maximum atomic E-state index is 7.57. The van der Waals surface area contributed by atoms with Gasteiger partial charge >= 0.3 is 0 Å². The maximum Gasteiger partial charge on any atom is 0.193 e. The highest BCUT2D eigenvalue weighted by Crippen LogP contribution is 2.60. The van der Waals surface area contributed by atoms with E-state index >= 15 is 0 Å². The summed E-state index contributed by atoms with van der Waals surface area (Å²) in [5.41, 5.74) is 4.04. The van der Waals surface area contributed by atoms with E-state index < -0.39 is 42.3 Å². The average Bonchev–Trinajstić information content (AvgIpc) is 3.51. The van der Waals surface area contributed by atoms with Gasteiger partial charge in [-0.3, -0.25) is 0 Å². The van der Waals surface area contributed by atoms with Gasteiger partial charge in [-0.25, -0.2) is 0 Å². The third-order valence-corrected chi connectivity index (χ3v) is 38.6. The summed E-state index contributed by atoms with van der Waals surface area (Å²) in [5, 5.41) is 0.317. The van der Waals surface area contributed by atoms with E-state index in [1.54, 1.807) is 5.57 Å². The minimum Gasteiger partial charge on any atom is -0.411 e. The molecule has 71 heavy (non-hydrogen) atoms. The van der Waals surface area contributed by atoms with Crippen LogP contribution in [-0.2, 0) is 26.9 Å². The number of fused-ring (bicyclic) bond motifs is 1. The van der Waals surface area contributed by atoms with Crippen molar-refractivity contribution in [3.63, 3.8) is 0 Å². The topological polar surface area (TPSA) is 55.4 Å². The van der Waals surface area contributed by atoms with Gasteiger partial charge < -0.3 is 26.9 Å². The quantitative estimate of drug-likeness (QED) is 0.0895. The van der Waals surface area contributed by atoms with Crippen molar-refractivity contribution in [3.05, 3.63) is 35.5 Å². The first kappa shape index (κ1) is 65.3. The summed E-state index contributed by atoms with van der Waals surface area (Å²) < 4.78 is 44.0. The monoisotopic (exact) mass is 1080 g/mol. The van der Waals surface area contributed by atoms with Crippen LogP contribution in [0.2, 0.25) is 85.6 Å². The zero-order valence-electron chi connectivity index (χ0n) is 52.6. The molecule has 416 valence electrons. The van der Waals surface area contributed by atoms with Crippen molar-refractivity contribution >= 4 is 42.3 Å². The molecule has 0 N–H and O–H groups in total. The predicted octanol–water partition coefficient (Wildman–Crippen LogP) is 18.9. The Morgan fingerprint density at radius 3 is 1.70 bits per heavy atom. The molecule has 0 aromatic heterocycles. The summed E-state index contributed by atoms with van der Waals surface area (Å²) in [6.07, 6.45) is 15.0. The van der Waals surface area contributed by atoms with Crippen LogP contribution in [0, 0.1) is 28.6 Å². The lowest BCUT2D eigenvalue weighted by molar-refractivity contribution is -0.181. The van der Waals surface area contributed by atoms with Crippen LogP contribution in [0.3, 0.4) is 0 Å². The smallest absolute Gasteiger partial charge is 0.193 e. The first-order chi connectivity index (χ1) is 31.6. The van der Waals surface area contributed by atoms with Gasteiger partial charge in [-0.05, 0) is 197 Å². The molecule has 0 heterocycles. The molecule has 6 nitrogen and oxygen atoms in total. The summed E-state index contributed by atoms with van der Waals surface area (Å²) in [7, 11) is -10.1. The second kappa shape index (κ2) is 23.2. The highest BCUT2D eigenvalue weighted by molar-refractivity contribution is 6.75. The van der Waals surface area contributed by atoms with Gasteiger partial charge in [0.2, 0.25) is 0 Å². The van der Waals surface area contributed by atoms with E-state index in [0.717, 1.165) is 37.7 Å². The summed E-state index contributed by atoms with van der Waals surface area (Å²) in [4.78, 5) is 0. The normalized spacial score (nSPS) is 27.7. The Labute approximate surface area is 448 Å². The van der Waals surface area contributed by atoms with Crippen LogP contribution in [0.4, 0.5) is 0 Å². The molecule has 0 bridgehead atoms. The Hall–Kier alpha value is 0.0644.